The summed E-state index contributed by atoms with van der Waals surface area (Å²) in [6, 6.07) is 10.1. The van der Waals surface area contributed by atoms with Gasteiger partial charge in [-0.1, -0.05) is 30.3 Å². The van der Waals surface area contributed by atoms with Gasteiger partial charge in [-0.25, -0.2) is 0 Å². The van der Waals surface area contributed by atoms with Gasteiger partial charge >= 0.3 is 0 Å². The molecular formula is C8H11O2P. The van der Waals surface area contributed by atoms with Gasteiger partial charge in [0, 0.05) is 0 Å². The highest BCUT2D eigenvalue weighted by atomic mass is 31.1. The molecule has 0 aliphatic heterocycles. The van der Waals surface area contributed by atoms with Crippen LogP contribution < -0.4 is 0 Å². The van der Waals surface area contributed by atoms with Gasteiger partial charge in [-0.15, -0.1) is 0 Å². The molecule has 0 amide bonds. The molecule has 60 valence electrons. The van der Waals surface area contributed by atoms with Gasteiger partial charge < -0.3 is 9.42 Å². The molecule has 0 aromatic heterocycles. The summed E-state index contributed by atoms with van der Waals surface area (Å²) in [5.41, 5.74) is 1.24. The average molecular weight is 170 g/mol. The Morgan fingerprint density at radius 3 is 2.64 bits per heavy atom. The largest absolute Gasteiger partial charge is 0.352 e. The fourth-order valence-electron chi connectivity index (χ4n) is 0.859. The van der Waals surface area contributed by atoms with Gasteiger partial charge in [0.2, 0.25) is 0 Å². The quantitative estimate of drug-likeness (QED) is 0.551. The van der Waals surface area contributed by atoms with E-state index in [0.29, 0.717) is 6.61 Å². The van der Waals surface area contributed by atoms with Gasteiger partial charge in [0.05, 0.1) is 6.61 Å². The monoisotopic (exact) mass is 170 g/mol. The average Bonchev–Trinajstić information content (AvgIpc) is 2.07. The lowest BCUT2D eigenvalue weighted by Gasteiger charge is -1.99. The molecule has 0 heterocycles. The van der Waals surface area contributed by atoms with Gasteiger partial charge in [-0.05, 0) is 12.0 Å². The molecule has 0 saturated heterocycles. The first-order valence-electron chi connectivity index (χ1n) is 3.48. The van der Waals surface area contributed by atoms with Gasteiger partial charge in [-0.3, -0.25) is 0 Å². The normalized spacial score (nSPS) is 11.0. The molecule has 1 aromatic rings. The molecule has 0 fully saturated rings. The Hall–Kier alpha value is -0.430. The molecule has 0 spiro atoms. The van der Waals surface area contributed by atoms with Crippen molar-refractivity contribution in [3.05, 3.63) is 35.9 Å². The van der Waals surface area contributed by atoms with Crippen LogP contribution in [0.15, 0.2) is 30.3 Å². The lowest BCUT2D eigenvalue weighted by molar-refractivity contribution is 0.330. The minimum atomic E-state index is -0.391. The summed E-state index contributed by atoms with van der Waals surface area (Å²) in [5, 5.41) is 0. The van der Waals surface area contributed by atoms with Crippen LogP contribution >= 0.6 is 9.03 Å². The van der Waals surface area contributed by atoms with Crippen LogP contribution in [-0.4, -0.2) is 11.5 Å². The molecule has 1 atom stereocenters. The first kappa shape index (κ1) is 8.66. The lowest BCUT2D eigenvalue weighted by Crippen LogP contribution is -1.91. The van der Waals surface area contributed by atoms with Crippen molar-refractivity contribution in [1.82, 2.24) is 0 Å². The smallest absolute Gasteiger partial charge is 0.152 e. The van der Waals surface area contributed by atoms with Crippen LogP contribution in [0.25, 0.3) is 0 Å². The molecule has 1 aromatic carbocycles. The maximum Gasteiger partial charge on any atom is 0.152 e. The summed E-state index contributed by atoms with van der Waals surface area (Å²) in [5.74, 6) is 0. The fourth-order valence-corrected chi connectivity index (χ4v) is 1.05. The maximum atomic E-state index is 8.35. The Bertz CT molecular complexity index is 189. The number of hydrogen-bond acceptors (Lipinski definition) is 2. The van der Waals surface area contributed by atoms with Crippen molar-refractivity contribution < 1.29 is 9.42 Å². The van der Waals surface area contributed by atoms with E-state index in [4.69, 9.17) is 9.42 Å². The third kappa shape index (κ3) is 3.47. The second kappa shape index (κ2) is 5.25. The topological polar surface area (TPSA) is 29.5 Å². The van der Waals surface area contributed by atoms with Gasteiger partial charge in [0.15, 0.2) is 9.03 Å². The third-order valence-electron chi connectivity index (χ3n) is 1.40. The predicted octanol–water partition coefficient (Wildman–Crippen LogP) is 1.75. The van der Waals surface area contributed by atoms with Crippen molar-refractivity contribution in [2.24, 2.45) is 0 Å². The number of benzene rings is 1. The highest BCUT2D eigenvalue weighted by Crippen LogP contribution is 2.05. The van der Waals surface area contributed by atoms with E-state index < -0.39 is 9.03 Å². The molecule has 0 aliphatic rings. The minimum absolute atomic E-state index is 0.391. The lowest BCUT2D eigenvalue weighted by atomic mass is 10.2. The van der Waals surface area contributed by atoms with E-state index in [9.17, 15) is 0 Å². The zero-order chi connectivity index (χ0) is 7.94. The summed E-state index contributed by atoms with van der Waals surface area (Å²) < 4.78 is 4.82. The van der Waals surface area contributed by atoms with Crippen molar-refractivity contribution in [3.63, 3.8) is 0 Å². The van der Waals surface area contributed by atoms with Gasteiger partial charge in [0.1, 0.15) is 0 Å². The minimum Gasteiger partial charge on any atom is -0.352 e. The van der Waals surface area contributed by atoms with Crippen LogP contribution in [-0.2, 0) is 10.9 Å². The van der Waals surface area contributed by atoms with Crippen LogP contribution in [0.4, 0.5) is 0 Å². The highest BCUT2D eigenvalue weighted by molar-refractivity contribution is 7.24. The number of rotatable bonds is 4. The Kier molecular flexibility index (Phi) is 4.14. The zero-order valence-corrected chi connectivity index (χ0v) is 7.16. The second-order valence-electron chi connectivity index (χ2n) is 2.18. The van der Waals surface area contributed by atoms with Crippen LogP contribution in [0.3, 0.4) is 0 Å². The zero-order valence-electron chi connectivity index (χ0n) is 6.16. The first-order chi connectivity index (χ1) is 5.43. The van der Waals surface area contributed by atoms with Crippen molar-refractivity contribution >= 4 is 9.03 Å². The van der Waals surface area contributed by atoms with Crippen molar-refractivity contribution in [2.75, 3.05) is 6.61 Å². The van der Waals surface area contributed by atoms with E-state index in [-0.39, 0.29) is 0 Å². The molecular weight excluding hydrogens is 159 g/mol. The SMILES string of the molecule is OPOCCc1ccccc1. The van der Waals surface area contributed by atoms with Crippen molar-refractivity contribution in [3.8, 4) is 0 Å². The summed E-state index contributed by atoms with van der Waals surface area (Å²) >= 11 is 0. The summed E-state index contributed by atoms with van der Waals surface area (Å²) in [7, 11) is -0.391. The van der Waals surface area contributed by atoms with E-state index in [1.807, 2.05) is 30.3 Å². The van der Waals surface area contributed by atoms with Crippen LogP contribution in [0.5, 0.6) is 0 Å². The summed E-state index contributed by atoms with van der Waals surface area (Å²) in [4.78, 5) is 8.35. The van der Waals surface area contributed by atoms with E-state index >= 15 is 0 Å². The Labute approximate surface area is 68.2 Å². The third-order valence-corrected chi connectivity index (χ3v) is 1.73. The molecule has 1 unspecified atom stereocenters. The van der Waals surface area contributed by atoms with E-state index in [1.54, 1.807) is 0 Å². The van der Waals surface area contributed by atoms with Crippen LogP contribution in [0.1, 0.15) is 5.56 Å². The molecule has 11 heavy (non-hydrogen) atoms. The molecule has 1 rings (SSSR count). The Balaban J connectivity index is 2.28. The van der Waals surface area contributed by atoms with Gasteiger partial charge in [0.25, 0.3) is 0 Å². The molecule has 0 saturated carbocycles. The molecule has 2 nitrogen and oxygen atoms in total. The Morgan fingerprint density at radius 2 is 2.00 bits per heavy atom. The van der Waals surface area contributed by atoms with E-state index in [1.165, 1.54) is 5.56 Å². The van der Waals surface area contributed by atoms with Crippen LogP contribution in [0.2, 0.25) is 0 Å². The molecule has 3 heteroatoms. The first-order valence-corrected chi connectivity index (χ1v) is 4.34. The second-order valence-corrected chi connectivity index (χ2v) is 2.65. The maximum absolute atomic E-state index is 8.35. The molecule has 0 radical (unpaired) electrons. The molecule has 1 N–H and O–H groups in total. The Morgan fingerprint density at radius 1 is 1.27 bits per heavy atom. The predicted molar refractivity (Wildman–Crippen MR) is 46.6 cm³/mol. The highest BCUT2D eigenvalue weighted by Gasteiger charge is 1.89. The van der Waals surface area contributed by atoms with Gasteiger partial charge in [-0.2, -0.15) is 0 Å². The van der Waals surface area contributed by atoms with Crippen molar-refractivity contribution in [1.29, 1.82) is 0 Å². The summed E-state index contributed by atoms with van der Waals surface area (Å²) in [6.45, 7) is 0.596. The fraction of sp³-hybridized carbons (Fsp3) is 0.250. The molecule has 0 bridgehead atoms. The van der Waals surface area contributed by atoms with E-state index in [2.05, 4.69) is 0 Å². The van der Waals surface area contributed by atoms with E-state index in [0.717, 1.165) is 6.42 Å². The molecule has 0 aliphatic carbocycles. The van der Waals surface area contributed by atoms with Crippen molar-refractivity contribution in [2.45, 2.75) is 6.42 Å². The standard InChI is InChI=1S/C8H11O2P/c9-11-10-7-6-8-4-2-1-3-5-8/h1-5,9,11H,6-7H2. The number of hydrogen-bond donors (Lipinski definition) is 1. The van der Waals surface area contributed by atoms with Crippen LogP contribution in [0, 0.1) is 0 Å². The summed E-state index contributed by atoms with van der Waals surface area (Å²) in [6.07, 6.45) is 0.869.